The van der Waals surface area contributed by atoms with Crippen LogP contribution in [0.25, 0.3) is 11.6 Å². The highest BCUT2D eigenvalue weighted by Gasteiger charge is 2.36. The summed E-state index contributed by atoms with van der Waals surface area (Å²) in [5, 5.41) is 9.23. The van der Waals surface area contributed by atoms with Crippen LogP contribution in [0.1, 0.15) is 87.3 Å². The zero-order valence-corrected chi connectivity index (χ0v) is 17.9. The summed E-state index contributed by atoms with van der Waals surface area (Å²) in [5.74, 6) is 0.543. The van der Waals surface area contributed by atoms with Crippen molar-refractivity contribution in [1.82, 2.24) is 0 Å². The fourth-order valence-electron chi connectivity index (χ4n) is 5.04. The summed E-state index contributed by atoms with van der Waals surface area (Å²) >= 11 is 0. The molecule has 0 saturated heterocycles. The van der Waals surface area contributed by atoms with Gasteiger partial charge in [0.15, 0.2) is 0 Å². The number of fused-ring (bicyclic) bond motifs is 2. The van der Waals surface area contributed by atoms with Gasteiger partial charge in [0.25, 0.3) is 0 Å². The van der Waals surface area contributed by atoms with Gasteiger partial charge in [-0.25, -0.2) is 0 Å². The van der Waals surface area contributed by atoms with Gasteiger partial charge in [0.05, 0.1) is 11.6 Å². The van der Waals surface area contributed by atoms with Crippen LogP contribution in [0.3, 0.4) is 0 Å². The summed E-state index contributed by atoms with van der Waals surface area (Å²) in [6.45, 7) is 11.9. The smallest absolute Gasteiger partial charge is 0.0991 e. The molecule has 1 nitrogen and oxygen atoms in total. The number of allylic oxidation sites excluding steroid dienone is 1. The quantitative estimate of drug-likeness (QED) is 0.529. The molecule has 0 bridgehead atoms. The topological polar surface area (TPSA) is 23.8 Å². The van der Waals surface area contributed by atoms with E-state index in [0.29, 0.717) is 5.92 Å². The summed E-state index contributed by atoms with van der Waals surface area (Å²) < 4.78 is 0. The maximum atomic E-state index is 9.23. The molecule has 0 heterocycles. The van der Waals surface area contributed by atoms with Crippen molar-refractivity contribution in [3.8, 4) is 6.07 Å². The predicted octanol–water partition coefficient (Wildman–Crippen LogP) is 7.03. The fourth-order valence-corrected chi connectivity index (χ4v) is 5.04. The van der Waals surface area contributed by atoms with Crippen molar-refractivity contribution in [1.29, 1.82) is 5.26 Å². The summed E-state index contributed by atoms with van der Waals surface area (Å²) in [6.07, 6.45) is 7.10. The number of hydrogen-bond acceptors (Lipinski definition) is 1. The molecule has 2 aromatic rings. The normalized spacial score (nSPS) is 23.6. The molecule has 4 rings (SSSR count). The van der Waals surface area contributed by atoms with Crippen molar-refractivity contribution in [3.63, 3.8) is 0 Å². The van der Waals surface area contributed by atoms with Crippen LogP contribution in [0.15, 0.2) is 36.4 Å². The minimum Gasteiger partial charge on any atom is -0.192 e. The van der Waals surface area contributed by atoms with E-state index in [2.05, 4.69) is 77.1 Å². The van der Waals surface area contributed by atoms with Crippen molar-refractivity contribution >= 4 is 11.6 Å². The van der Waals surface area contributed by atoms with Crippen LogP contribution >= 0.6 is 0 Å². The van der Waals surface area contributed by atoms with E-state index < -0.39 is 0 Å². The monoisotopic (exact) mass is 369 g/mol. The molecular formula is C27H31N. The third kappa shape index (κ3) is 3.20. The molecule has 144 valence electrons. The summed E-state index contributed by atoms with van der Waals surface area (Å²) in [4.78, 5) is 0. The average Bonchev–Trinajstić information content (AvgIpc) is 2.67. The number of benzene rings is 2. The Morgan fingerprint density at radius 1 is 0.964 bits per heavy atom. The second kappa shape index (κ2) is 6.63. The molecule has 1 atom stereocenters. The minimum atomic E-state index is 0.233. The predicted molar refractivity (Wildman–Crippen MR) is 118 cm³/mol. The van der Waals surface area contributed by atoms with Gasteiger partial charge in [0, 0.05) is 0 Å². The van der Waals surface area contributed by atoms with Gasteiger partial charge in [-0.15, -0.1) is 0 Å². The molecule has 28 heavy (non-hydrogen) atoms. The van der Waals surface area contributed by atoms with Crippen molar-refractivity contribution < 1.29 is 0 Å². The van der Waals surface area contributed by atoms with Gasteiger partial charge in [-0.2, -0.15) is 5.26 Å². The Bertz CT molecular complexity index is 997. The molecule has 0 radical (unpaired) electrons. The first kappa shape index (κ1) is 19.0. The first-order valence-electron chi connectivity index (χ1n) is 10.6. The zero-order chi connectivity index (χ0) is 20.1. The first-order chi connectivity index (χ1) is 13.2. The highest BCUT2D eigenvalue weighted by Crippen LogP contribution is 2.46. The van der Waals surface area contributed by atoms with Gasteiger partial charge in [-0.05, 0) is 88.0 Å². The molecule has 0 fully saturated rings. The number of hydrogen-bond donors (Lipinski definition) is 0. The van der Waals surface area contributed by atoms with E-state index >= 15 is 0 Å². The number of nitriles is 1. The van der Waals surface area contributed by atoms with Crippen LogP contribution in [0, 0.1) is 17.2 Å². The summed E-state index contributed by atoms with van der Waals surface area (Å²) in [6, 6.07) is 15.6. The van der Waals surface area contributed by atoms with Gasteiger partial charge in [0.2, 0.25) is 0 Å². The lowest BCUT2D eigenvalue weighted by Gasteiger charge is -2.42. The zero-order valence-electron chi connectivity index (χ0n) is 17.9. The second-order valence-corrected chi connectivity index (χ2v) is 10.1. The van der Waals surface area contributed by atoms with Gasteiger partial charge < -0.3 is 0 Å². The van der Waals surface area contributed by atoms with Crippen molar-refractivity contribution in [3.05, 3.63) is 69.8 Å². The fraction of sp³-hybridized carbons (Fsp3) is 0.444. The van der Waals surface area contributed by atoms with E-state index in [-0.39, 0.29) is 10.8 Å². The molecular weight excluding hydrogens is 338 g/mol. The Kier molecular flexibility index (Phi) is 4.50. The van der Waals surface area contributed by atoms with E-state index in [1.54, 1.807) is 0 Å². The van der Waals surface area contributed by atoms with Crippen molar-refractivity contribution in [2.45, 2.75) is 71.1 Å². The van der Waals surface area contributed by atoms with E-state index in [1.807, 2.05) is 6.07 Å². The van der Waals surface area contributed by atoms with Crippen LogP contribution in [0.5, 0.6) is 0 Å². The molecule has 0 amide bonds. The Balaban J connectivity index is 1.82. The second-order valence-electron chi connectivity index (χ2n) is 10.1. The molecule has 2 aromatic carbocycles. The van der Waals surface area contributed by atoms with E-state index in [0.717, 1.165) is 18.4 Å². The largest absolute Gasteiger partial charge is 0.192 e. The molecule has 0 spiro atoms. The lowest BCUT2D eigenvalue weighted by atomic mass is 9.63. The summed E-state index contributed by atoms with van der Waals surface area (Å²) in [7, 11) is 0. The molecule has 0 aliphatic heterocycles. The van der Waals surface area contributed by atoms with Crippen LogP contribution in [-0.4, -0.2) is 0 Å². The van der Waals surface area contributed by atoms with Gasteiger partial charge in [-0.1, -0.05) is 65.0 Å². The molecule has 0 aromatic heterocycles. The molecule has 2 aliphatic rings. The van der Waals surface area contributed by atoms with Gasteiger partial charge in [0.1, 0.15) is 0 Å². The molecule has 0 N–H and O–H groups in total. The van der Waals surface area contributed by atoms with Crippen LogP contribution < -0.4 is 0 Å². The Morgan fingerprint density at radius 3 is 2.39 bits per heavy atom. The lowest BCUT2D eigenvalue weighted by Crippen LogP contribution is -2.33. The Morgan fingerprint density at radius 2 is 1.68 bits per heavy atom. The van der Waals surface area contributed by atoms with Crippen molar-refractivity contribution in [2.24, 2.45) is 5.92 Å². The van der Waals surface area contributed by atoms with Gasteiger partial charge >= 0.3 is 0 Å². The lowest BCUT2D eigenvalue weighted by molar-refractivity contribution is 0.332. The van der Waals surface area contributed by atoms with Crippen LogP contribution in [0.4, 0.5) is 0 Å². The molecule has 0 saturated carbocycles. The van der Waals surface area contributed by atoms with E-state index in [9.17, 15) is 5.26 Å². The van der Waals surface area contributed by atoms with E-state index in [4.69, 9.17) is 0 Å². The van der Waals surface area contributed by atoms with Crippen LogP contribution in [0.2, 0.25) is 0 Å². The molecule has 2 aliphatic carbocycles. The third-order valence-corrected chi connectivity index (χ3v) is 7.12. The number of aryl methyl sites for hydroxylation is 1. The highest BCUT2D eigenvalue weighted by molar-refractivity contribution is 5.85. The van der Waals surface area contributed by atoms with E-state index in [1.165, 1.54) is 46.2 Å². The Hall–Kier alpha value is -2.33. The Labute approximate surface area is 170 Å². The minimum absolute atomic E-state index is 0.233. The number of nitrogens with zero attached hydrogens (tertiary/aromatic N) is 1. The number of rotatable bonds is 1. The third-order valence-electron chi connectivity index (χ3n) is 7.12. The van der Waals surface area contributed by atoms with Crippen molar-refractivity contribution in [2.75, 3.05) is 0 Å². The maximum Gasteiger partial charge on any atom is 0.0991 e. The molecule has 1 heteroatoms. The van der Waals surface area contributed by atoms with Gasteiger partial charge in [-0.3, -0.25) is 0 Å². The molecule has 1 unspecified atom stereocenters. The SMILES string of the molecule is CC1CCc2cc(C#N)ccc2/C1=C/c1ccc2c(c1)C(C)(C)CCC2(C)C. The maximum absolute atomic E-state index is 9.23. The average molecular weight is 370 g/mol. The highest BCUT2D eigenvalue weighted by atomic mass is 14.4. The van der Waals surface area contributed by atoms with Crippen LogP contribution in [-0.2, 0) is 17.3 Å². The first-order valence-corrected chi connectivity index (χ1v) is 10.6. The standard InChI is InChI=1S/C27H31N/c1-18-6-9-21-14-20(17-28)7-10-22(21)23(18)15-19-8-11-24-25(16-19)27(4,5)13-12-26(24,2)3/h7-8,10-11,14-16,18H,6,9,12-13H2,1-5H3/b23-15+. The summed E-state index contributed by atoms with van der Waals surface area (Å²) in [5.41, 5.74) is 9.67.